The van der Waals surface area contributed by atoms with Gasteiger partial charge in [-0.25, -0.2) is 4.79 Å². The third-order valence-electron chi connectivity index (χ3n) is 5.86. The second-order valence-corrected chi connectivity index (χ2v) is 12.2. The highest BCUT2D eigenvalue weighted by Gasteiger charge is 2.30. The number of benzene rings is 2. The van der Waals surface area contributed by atoms with E-state index in [1.54, 1.807) is 42.5 Å². The number of nitro groups is 1. The molecule has 13 heteroatoms. The molecule has 0 aliphatic rings. The van der Waals surface area contributed by atoms with Crippen molar-refractivity contribution < 1.29 is 29.2 Å². The highest BCUT2D eigenvalue weighted by molar-refractivity contribution is 8.77. The van der Waals surface area contributed by atoms with Crippen molar-refractivity contribution in [2.45, 2.75) is 68.7 Å². The van der Waals surface area contributed by atoms with Gasteiger partial charge in [-0.3, -0.25) is 24.5 Å². The molecule has 2 aromatic rings. The molecule has 222 valence electrons. The van der Waals surface area contributed by atoms with Crippen LogP contribution in [-0.4, -0.2) is 57.6 Å². The van der Waals surface area contributed by atoms with Gasteiger partial charge in [-0.2, -0.15) is 0 Å². The molecule has 0 heterocycles. The fourth-order valence-corrected chi connectivity index (χ4v) is 6.49. The molecule has 0 saturated heterocycles. The Labute approximate surface area is 247 Å². The lowest BCUT2D eigenvalue weighted by Gasteiger charge is -2.25. The van der Waals surface area contributed by atoms with Crippen molar-refractivity contribution in [2.75, 3.05) is 6.54 Å². The Balaban J connectivity index is 2.18. The fourth-order valence-electron chi connectivity index (χ4n) is 3.85. The molecular weight excluding hydrogens is 568 g/mol. The maximum Gasteiger partial charge on any atom is 0.326 e. The van der Waals surface area contributed by atoms with Gasteiger partial charge < -0.3 is 21.1 Å². The summed E-state index contributed by atoms with van der Waals surface area (Å²) < 4.78 is 0. The van der Waals surface area contributed by atoms with Crippen LogP contribution in [0, 0.1) is 16.0 Å². The van der Waals surface area contributed by atoms with Gasteiger partial charge in [-0.05, 0) is 47.6 Å². The minimum atomic E-state index is -1.19. The molecule has 0 aliphatic carbocycles. The first-order valence-electron chi connectivity index (χ1n) is 13.2. The Morgan fingerprint density at radius 2 is 1.59 bits per heavy atom. The number of carbonyl (C=O) groups excluding carboxylic acids is 3. The van der Waals surface area contributed by atoms with E-state index in [0.29, 0.717) is 24.3 Å². The second-order valence-electron chi connectivity index (χ2n) is 9.80. The van der Waals surface area contributed by atoms with E-state index < -0.39 is 40.0 Å². The predicted molar refractivity (Wildman–Crippen MR) is 159 cm³/mol. The highest BCUT2D eigenvalue weighted by atomic mass is 33.1. The van der Waals surface area contributed by atoms with E-state index in [9.17, 15) is 34.4 Å². The number of hydrogen-bond donors (Lipinski definition) is 4. The normalized spacial score (nSPS) is 13.1. The van der Waals surface area contributed by atoms with Gasteiger partial charge in [0.15, 0.2) is 0 Å². The third-order valence-corrected chi connectivity index (χ3v) is 8.69. The summed E-state index contributed by atoms with van der Waals surface area (Å²) in [5, 5.41) is 28.5. The van der Waals surface area contributed by atoms with E-state index >= 15 is 0 Å². The molecule has 2 unspecified atom stereocenters. The van der Waals surface area contributed by atoms with Crippen molar-refractivity contribution in [1.29, 1.82) is 0 Å². The molecule has 0 aliphatic heterocycles. The van der Waals surface area contributed by atoms with Gasteiger partial charge in [0.1, 0.15) is 12.1 Å². The number of nitro benzene ring substituents is 1. The number of aliphatic carboxylic acids is 1. The van der Waals surface area contributed by atoms with Crippen LogP contribution in [0.4, 0.5) is 5.69 Å². The first-order valence-corrected chi connectivity index (χ1v) is 15.4. The average molecular weight is 605 g/mol. The standard InChI is InChI=1S/C28H36N4O7S2/c1-18(2)16-21(26(34)31-22(28(36)37)17-20-10-5-4-6-11-20)30-27(35)25(14-9-15-29-19(3)33)41-40-24-13-8-7-12-23(24)32(38)39/h4-8,10-13,18,21-22,25H,9,14-17H2,1-3H3,(H,29,33)(H,30,35)(H,31,34)(H,36,37)/t21?,22-,25?/m0/s1. The summed E-state index contributed by atoms with van der Waals surface area (Å²) in [6.45, 7) is 5.50. The largest absolute Gasteiger partial charge is 0.480 e. The number of carboxylic acid groups (broad SMARTS) is 1. The van der Waals surface area contributed by atoms with Gasteiger partial charge in [-0.1, -0.05) is 67.1 Å². The maximum atomic E-state index is 13.5. The SMILES string of the molecule is CC(=O)NCCCC(SSc1ccccc1[N+](=O)[O-])C(=O)NC(CC(C)C)C(=O)N[C@@H](Cc1ccccc1)C(=O)O. The smallest absolute Gasteiger partial charge is 0.326 e. The summed E-state index contributed by atoms with van der Waals surface area (Å²) >= 11 is 0. The topological polar surface area (TPSA) is 168 Å². The zero-order valence-electron chi connectivity index (χ0n) is 23.2. The van der Waals surface area contributed by atoms with Crippen LogP contribution in [0.25, 0.3) is 0 Å². The van der Waals surface area contributed by atoms with Gasteiger partial charge in [0.2, 0.25) is 17.7 Å². The van der Waals surface area contributed by atoms with Crippen molar-refractivity contribution in [2.24, 2.45) is 5.92 Å². The quantitative estimate of drug-likeness (QED) is 0.0904. The molecule has 11 nitrogen and oxygen atoms in total. The van der Waals surface area contributed by atoms with Crippen LogP contribution < -0.4 is 16.0 Å². The first kappa shape index (κ1) is 33.6. The molecule has 3 amide bonds. The lowest BCUT2D eigenvalue weighted by atomic mass is 10.0. The summed E-state index contributed by atoms with van der Waals surface area (Å²) in [6.07, 6.45) is 1.14. The van der Waals surface area contributed by atoms with E-state index in [2.05, 4.69) is 16.0 Å². The third kappa shape index (κ3) is 12.2. The number of hydrogen-bond acceptors (Lipinski definition) is 8. The number of nitrogens with zero attached hydrogens (tertiary/aromatic N) is 1. The lowest BCUT2D eigenvalue weighted by molar-refractivity contribution is -0.387. The molecule has 3 atom stereocenters. The van der Waals surface area contributed by atoms with Crippen LogP contribution >= 0.6 is 21.6 Å². The van der Waals surface area contributed by atoms with Crippen LogP contribution in [-0.2, 0) is 25.6 Å². The zero-order valence-corrected chi connectivity index (χ0v) is 24.8. The molecule has 0 bridgehead atoms. The molecule has 0 fully saturated rings. The predicted octanol–water partition coefficient (Wildman–Crippen LogP) is 3.96. The molecule has 2 aromatic carbocycles. The van der Waals surface area contributed by atoms with Gasteiger partial charge in [0.05, 0.1) is 15.1 Å². The van der Waals surface area contributed by atoms with E-state index in [1.807, 2.05) is 19.9 Å². The Kier molecular flexibility index (Phi) is 14.2. The van der Waals surface area contributed by atoms with E-state index in [0.717, 1.165) is 27.2 Å². The number of para-hydroxylation sites is 1. The Morgan fingerprint density at radius 1 is 0.951 bits per heavy atom. The van der Waals surface area contributed by atoms with Crippen molar-refractivity contribution in [3.63, 3.8) is 0 Å². The van der Waals surface area contributed by atoms with Crippen molar-refractivity contribution >= 4 is 51.0 Å². The molecule has 0 spiro atoms. The van der Waals surface area contributed by atoms with E-state index in [1.165, 1.54) is 13.0 Å². The lowest BCUT2D eigenvalue weighted by Crippen LogP contribution is -2.53. The van der Waals surface area contributed by atoms with Gasteiger partial charge in [0.25, 0.3) is 5.69 Å². The Bertz CT molecular complexity index is 1200. The monoisotopic (exact) mass is 604 g/mol. The minimum Gasteiger partial charge on any atom is -0.480 e. The van der Waals surface area contributed by atoms with Crippen LogP contribution in [0.1, 0.15) is 45.6 Å². The van der Waals surface area contributed by atoms with Crippen molar-refractivity contribution in [3.8, 4) is 0 Å². The van der Waals surface area contributed by atoms with E-state index in [4.69, 9.17) is 0 Å². The molecular formula is C28H36N4O7S2. The second kappa shape index (κ2) is 17.3. The Morgan fingerprint density at radius 3 is 2.20 bits per heavy atom. The Hall–Kier alpha value is -3.58. The zero-order chi connectivity index (χ0) is 30.4. The summed E-state index contributed by atoms with van der Waals surface area (Å²) in [7, 11) is 2.22. The minimum absolute atomic E-state index is 0.00987. The highest BCUT2D eigenvalue weighted by Crippen LogP contribution is 2.40. The first-order chi connectivity index (χ1) is 19.5. The molecule has 2 rings (SSSR count). The average Bonchev–Trinajstić information content (AvgIpc) is 2.92. The van der Waals surface area contributed by atoms with Crippen molar-refractivity contribution in [3.05, 3.63) is 70.3 Å². The van der Waals surface area contributed by atoms with Gasteiger partial charge in [0, 0.05) is 26.0 Å². The van der Waals surface area contributed by atoms with Crippen LogP contribution in [0.15, 0.2) is 59.5 Å². The number of carbonyl (C=O) groups is 4. The fraction of sp³-hybridized carbons (Fsp3) is 0.429. The summed E-state index contributed by atoms with van der Waals surface area (Å²) in [4.78, 5) is 61.2. The maximum absolute atomic E-state index is 13.5. The summed E-state index contributed by atoms with van der Waals surface area (Å²) in [6, 6.07) is 12.9. The van der Waals surface area contributed by atoms with Crippen LogP contribution in [0.3, 0.4) is 0 Å². The molecule has 4 N–H and O–H groups in total. The van der Waals surface area contributed by atoms with Crippen molar-refractivity contribution in [1.82, 2.24) is 16.0 Å². The van der Waals surface area contributed by atoms with Gasteiger partial charge >= 0.3 is 5.97 Å². The number of nitrogens with one attached hydrogen (secondary N) is 3. The van der Waals surface area contributed by atoms with Crippen LogP contribution in [0.2, 0.25) is 0 Å². The molecule has 0 saturated carbocycles. The number of carboxylic acids is 1. The number of rotatable bonds is 17. The molecule has 41 heavy (non-hydrogen) atoms. The van der Waals surface area contributed by atoms with Crippen LogP contribution in [0.5, 0.6) is 0 Å². The summed E-state index contributed by atoms with van der Waals surface area (Å²) in [5.41, 5.74) is 0.657. The molecule has 0 aromatic heterocycles. The van der Waals surface area contributed by atoms with E-state index in [-0.39, 0.29) is 30.4 Å². The summed E-state index contributed by atoms with van der Waals surface area (Å²) in [5.74, 6) is -2.45. The molecule has 0 radical (unpaired) electrons. The number of amides is 3. The van der Waals surface area contributed by atoms with Gasteiger partial charge in [-0.15, -0.1) is 0 Å².